The van der Waals surface area contributed by atoms with E-state index in [1.54, 1.807) is 19.3 Å². The summed E-state index contributed by atoms with van der Waals surface area (Å²) in [7, 11) is 0. The molecule has 3 rings (SSSR count). The average Bonchev–Trinajstić information content (AvgIpc) is 3.00. The molecule has 0 aromatic carbocycles. The maximum absolute atomic E-state index is 12.7. The fourth-order valence-corrected chi connectivity index (χ4v) is 2.58. The Morgan fingerprint density at radius 2 is 2.22 bits per heavy atom. The summed E-state index contributed by atoms with van der Waals surface area (Å²) in [6.07, 6.45) is 3.42. The van der Waals surface area contributed by atoms with Gasteiger partial charge in [-0.3, -0.25) is 14.7 Å². The van der Waals surface area contributed by atoms with Crippen LogP contribution >= 0.6 is 0 Å². The van der Waals surface area contributed by atoms with Crippen molar-refractivity contribution in [2.24, 2.45) is 0 Å². The first-order valence-electron chi connectivity index (χ1n) is 7.53. The smallest absolute Gasteiger partial charge is 0.242 e. The molecule has 0 aliphatic carbocycles. The number of rotatable bonds is 5. The van der Waals surface area contributed by atoms with Gasteiger partial charge in [-0.25, -0.2) is 4.63 Å². The molecule has 8 heteroatoms. The first-order chi connectivity index (χ1) is 11.3. The van der Waals surface area contributed by atoms with E-state index >= 15 is 0 Å². The Hall–Kier alpha value is -2.32. The number of carbonyl (C=O) groups is 1. The van der Waals surface area contributed by atoms with E-state index in [1.807, 2.05) is 12.1 Å². The van der Waals surface area contributed by atoms with Crippen LogP contribution in [-0.4, -0.2) is 52.4 Å². The minimum Gasteiger partial charge on any atom is -0.379 e. The molecule has 23 heavy (non-hydrogen) atoms. The van der Waals surface area contributed by atoms with E-state index < -0.39 is 6.04 Å². The minimum atomic E-state index is -0.396. The zero-order valence-electron chi connectivity index (χ0n) is 12.9. The van der Waals surface area contributed by atoms with Gasteiger partial charge in [0.15, 0.2) is 0 Å². The maximum atomic E-state index is 12.7. The average molecular weight is 317 g/mol. The van der Waals surface area contributed by atoms with E-state index in [2.05, 4.69) is 30.1 Å². The Morgan fingerprint density at radius 1 is 1.39 bits per heavy atom. The van der Waals surface area contributed by atoms with Crippen molar-refractivity contribution in [1.82, 2.24) is 25.5 Å². The van der Waals surface area contributed by atoms with E-state index in [9.17, 15) is 4.79 Å². The number of aryl methyl sites for hydroxylation is 1. The van der Waals surface area contributed by atoms with Gasteiger partial charge in [0.1, 0.15) is 17.4 Å². The summed E-state index contributed by atoms with van der Waals surface area (Å²) < 4.78 is 10.0. The summed E-state index contributed by atoms with van der Waals surface area (Å²) in [4.78, 5) is 19.0. The number of aromatic nitrogens is 3. The molecule has 8 nitrogen and oxygen atoms in total. The number of morpholine rings is 1. The predicted molar refractivity (Wildman–Crippen MR) is 80.3 cm³/mol. The van der Waals surface area contributed by atoms with Gasteiger partial charge >= 0.3 is 0 Å². The highest BCUT2D eigenvalue weighted by molar-refractivity contribution is 5.83. The highest BCUT2D eigenvalue weighted by Gasteiger charge is 2.29. The summed E-state index contributed by atoms with van der Waals surface area (Å²) in [6.45, 7) is 4.73. The molecule has 1 aliphatic rings. The highest BCUT2D eigenvalue weighted by atomic mass is 16.6. The van der Waals surface area contributed by atoms with Crippen molar-refractivity contribution >= 4 is 5.91 Å². The lowest BCUT2D eigenvalue weighted by Gasteiger charge is -2.33. The number of pyridine rings is 1. The van der Waals surface area contributed by atoms with Gasteiger partial charge in [0, 0.05) is 25.5 Å². The molecule has 2 aromatic heterocycles. The summed E-state index contributed by atoms with van der Waals surface area (Å²) in [6, 6.07) is 3.35. The number of hydrogen-bond acceptors (Lipinski definition) is 7. The molecular weight excluding hydrogens is 298 g/mol. The third kappa shape index (κ3) is 3.72. The van der Waals surface area contributed by atoms with E-state index in [4.69, 9.17) is 4.74 Å². The molecule has 1 aliphatic heterocycles. The van der Waals surface area contributed by atoms with Gasteiger partial charge in [-0.1, -0.05) is 16.4 Å². The summed E-state index contributed by atoms with van der Waals surface area (Å²) in [5, 5.41) is 10.4. The van der Waals surface area contributed by atoms with Crippen molar-refractivity contribution in [3.8, 4) is 0 Å². The minimum absolute atomic E-state index is 0.0951. The monoisotopic (exact) mass is 317 g/mol. The van der Waals surface area contributed by atoms with Crippen molar-refractivity contribution in [2.75, 3.05) is 26.3 Å². The van der Waals surface area contributed by atoms with Gasteiger partial charge in [0.2, 0.25) is 5.91 Å². The van der Waals surface area contributed by atoms with Crippen LogP contribution in [0.1, 0.15) is 23.0 Å². The van der Waals surface area contributed by atoms with Crippen LogP contribution in [0.3, 0.4) is 0 Å². The van der Waals surface area contributed by atoms with Crippen LogP contribution < -0.4 is 5.32 Å². The van der Waals surface area contributed by atoms with Crippen molar-refractivity contribution < 1.29 is 14.2 Å². The lowest BCUT2D eigenvalue weighted by molar-refractivity contribution is -0.128. The lowest BCUT2D eigenvalue weighted by atomic mass is 10.1. The molecule has 1 amide bonds. The molecule has 0 radical (unpaired) electrons. The topological polar surface area (TPSA) is 93.4 Å². The third-order valence-corrected chi connectivity index (χ3v) is 3.84. The molecule has 0 saturated carbocycles. The van der Waals surface area contributed by atoms with Crippen molar-refractivity contribution in [2.45, 2.75) is 19.5 Å². The Morgan fingerprint density at radius 3 is 2.87 bits per heavy atom. The zero-order valence-corrected chi connectivity index (χ0v) is 12.9. The van der Waals surface area contributed by atoms with Crippen LogP contribution in [-0.2, 0) is 16.1 Å². The summed E-state index contributed by atoms with van der Waals surface area (Å²) >= 11 is 0. The molecule has 1 fully saturated rings. The molecule has 122 valence electrons. The zero-order chi connectivity index (χ0) is 16.1. The number of ether oxygens (including phenoxy) is 1. The molecule has 1 unspecified atom stereocenters. The first-order valence-corrected chi connectivity index (χ1v) is 7.53. The van der Waals surface area contributed by atoms with Gasteiger partial charge in [0.05, 0.1) is 19.8 Å². The Balaban J connectivity index is 1.74. The van der Waals surface area contributed by atoms with E-state index in [0.717, 1.165) is 5.56 Å². The summed E-state index contributed by atoms with van der Waals surface area (Å²) in [5.74, 6) is -0.0951. The summed E-state index contributed by atoms with van der Waals surface area (Å²) in [5.41, 5.74) is 2.17. The number of amides is 1. The number of carbonyl (C=O) groups excluding carboxylic acids is 1. The van der Waals surface area contributed by atoms with E-state index in [1.165, 1.54) is 0 Å². The van der Waals surface area contributed by atoms with Gasteiger partial charge in [-0.2, -0.15) is 0 Å². The van der Waals surface area contributed by atoms with Crippen LogP contribution in [0.15, 0.2) is 29.2 Å². The molecule has 3 heterocycles. The van der Waals surface area contributed by atoms with Crippen LogP contribution in [0.4, 0.5) is 0 Å². The molecule has 2 aromatic rings. The fraction of sp³-hybridized carbons (Fsp3) is 0.467. The maximum Gasteiger partial charge on any atom is 0.242 e. The second-order valence-corrected chi connectivity index (χ2v) is 5.35. The molecule has 1 atom stereocenters. The van der Waals surface area contributed by atoms with Crippen LogP contribution in [0.2, 0.25) is 0 Å². The molecule has 1 N–H and O–H groups in total. The number of nitrogens with zero attached hydrogens (tertiary/aromatic N) is 4. The van der Waals surface area contributed by atoms with Gasteiger partial charge in [0.25, 0.3) is 0 Å². The number of nitrogens with one attached hydrogen (secondary N) is 1. The largest absolute Gasteiger partial charge is 0.379 e. The molecule has 0 bridgehead atoms. The molecular formula is C15H19N5O3. The lowest BCUT2D eigenvalue weighted by Crippen LogP contribution is -2.45. The molecule has 1 saturated heterocycles. The van der Waals surface area contributed by atoms with Gasteiger partial charge < -0.3 is 10.1 Å². The fourth-order valence-electron chi connectivity index (χ4n) is 2.58. The van der Waals surface area contributed by atoms with Crippen LogP contribution in [0, 0.1) is 6.92 Å². The third-order valence-electron chi connectivity index (χ3n) is 3.84. The molecule has 0 spiro atoms. The SMILES string of the molecule is Cc1nonc1CNC(=O)C(c1cccnc1)N1CCOCC1. The van der Waals surface area contributed by atoms with Crippen molar-refractivity contribution in [3.63, 3.8) is 0 Å². The van der Waals surface area contributed by atoms with Crippen molar-refractivity contribution in [3.05, 3.63) is 41.5 Å². The predicted octanol–water partition coefficient (Wildman–Crippen LogP) is 0.463. The van der Waals surface area contributed by atoms with Gasteiger partial charge in [-0.15, -0.1) is 0 Å². The Bertz CT molecular complexity index is 640. The normalized spacial score (nSPS) is 16.9. The standard InChI is InChI=1S/C15H19N5O3/c1-11-13(19-23-18-11)10-17-15(21)14(12-3-2-4-16-9-12)20-5-7-22-8-6-20/h2-4,9,14H,5-8,10H2,1H3,(H,17,21). The highest BCUT2D eigenvalue weighted by Crippen LogP contribution is 2.21. The van der Waals surface area contributed by atoms with Crippen LogP contribution in [0.25, 0.3) is 0 Å². The van der Waals surface area contributed by atoms with E-state index in [0.29, 0.717) is 37.7 Å². The van der Waals surface area contributed by atoms with Crippen molar-refractivity contribution in [1.29, 1.82) is 0 Å². The first kappa shape index (κ1) is 15.6. The quantitative estimate of drug-likeness (QED) is 0.856. The Labute approximate surface area is 133 Å². The number of hydrogen-bond donors (Lipinski definition) is 1. The second kappa shape index (κ2) is 7.30. The van der Waals surface area contributed by atoms with Crippen LogP contribution in [0.5, 0.6) is 0 Å². The Kier molecular flexibility index (Phi) is 4.94. The van der Waals surface area contributed by atoms with E-state index in [-0.39, 0.29) is 12.5 Å². The second-order valence-electron chi connectivity index (χ2n) is 5.35. The van der Waals surface area contributed by atoms with Gasteiger partial charge in [-0.05, 0) is 18.6 Å².